The minimum absolute atomic E-state index is 0.119. The van der Waals surface area contributed by atoms with E-state index in [4.69, 9.17) is 12.3 Å². The molecule has 0 bridgehead atoms. The SMILES string of the molecule is C#CCCC(NN)c1ccncc1C. The van der Waals surface area contributed by atoms with Crippen molar-refractivity contribution in [2.75, 3.05) is 0 Å². The van der Waals surface area contributed by atoms with E-state index in [1.807, 2.05) is 19.2 Å². The van der Waals surface area contributed by atoms with Gasteiger partial charge in [-0.2, -0.15) is 0 Å². The Kier molecular flexibility index (Phi) is 4.11. The number of nitrogens with one attached hydrogen (secondary N) is 1. The van der Waals surface area contributed by atoms with E-state index in [1.54, 1.807) is 6.20 Å². The summed E-state index contributed by atoms with van der Waals surface area (Å²) in [6.45, 7) is 2.02. The van der Waals surface area contributed by atoms with E-state index in [0.29, 0.717) is 0 Å². The molecule has 0 aliphatic carbocycles. The normalized spacial score (nSPS) is 12.1. The van der Waals surface area contributed by atoms with Crippen molar-refractivity contribution < 1.29 is 0 Å². The predicted octanol–water partition coefficient (Wildman–Crippen LogP) is 1.31. The van der Waals surface area contributed by atoms with Gasteiger partial charge < -0.3 is 0 Å². The molecule has 1 heterocycles. The van der Waals surface area contributed by atoms with Gasteiger partial charge in [0.05, 0.1) is 0 Å². The minimum Gasteiger partial charge on any atom is -0.271 e. The zero-order valence-electron chi connectivity index (χ0n) is 8.33. The van der Waals surface area contributed by atoms with Gasteiger partial charge in [0.1, 0.15) is 0 Å². The second kappa shape index (κ2) is 5.38. The number of nitrogens with zero attached hydrogens (tertiary/aromatic N) is 1. The van der Waals surface area contributed by atoms with E-state index in [0.717, 1.165) is 24.0 Å². The van der Waals surface area contributed by atoms with E-state index in [1.165, 1.54) is 0 Å². The van der Waals surface area contributed by atoms with Gasteiger partial charge in [0.25, 0.3) is 0 Å². The monoisotopic (exact) mass is 189 g/mol. The number of terminal acetylenes is 1. The van der Waals surface area contributed by atoms with Crippen molar-refractivity contribution in [2.24, 2.45) is 5.84 Å². The quantitative estimate of drug-likeness (QED) is 0.426. The maximum Gasteiger partial charge on any atom is 0.0472 e. The Hall–Kier alpha value is -1.37. The van der Waals surface area contributed by atoms with Crippen molar-refractivity contribution in [3.8, 4) is 12.3 Å². The fraction of sp³-hybridized carbons (Fsp3) is 0.364. The van der Waals surface area contributed by atoms with Crippen LogP contribution < -0.4 is 11.3 Å². The molecule has 74 valence electrons. The zero-order chi connectivity index (χ0) is 10.4. The molecule has 0 aliphatic rings. The molecule has 0 aliphatic heterocycles. The third-order valence-electron chi connectivity index (χ3n) is 2.22. The average molecular weight is 189 g/mol. The number of hydrazine groups is 1. The molecule has 3 nitrogen and oxygen atoms in total. The summed E-state index contributed by atoms with van der Waals surface area (Å²) in [4.78, 5) is 4.03. The Morgan fingerprint density at radius 3 is 3.07 bits per heavy atom. The number of hydrogen-bond donors (Lipinski definition) is 2. The van der Waals surface area contributed by atoms with E-state index in [9.17, 15) is 0 Å². The highest BCUT2D eigenvalue weighted by atomic mass is 15.2. The van der Waals surface area contributed by atoms with Crippen LogP contribution in [0.3, 0.4) is 0 Å². The van der Waals surface area contributed by atoms with Gasteiger partial charge in [0, 0.05) is 24.9 Å². The summed E-state index contributed by atoms with van der Waals surface area (Å²) >= 11 is 0. The third kappa shape index (κ3) is 2.56. The highest BCUT2D eigenvalue weighted by Crippen LogP contribution is 2.19. The van der Waals surface area contributed by atoms with Crippen molar-refractivity contribution >= 4 is 0 Å². The molecule has 0 fully saturated rings. The summed E-state index contributed by atoms with van der Waals surface area (Å²) in [6, 6.07) is 2.09. The Bertz CT molecular complexity index is 328. The molecule has 1 aromatic heterocycles. The van der Waals surface area contributed by atoms with Crippen molar-refractivity contribution in [1.29, 1.82) is 0 Å². The van der Waals surface area contributed by atoms with Crippen molar-refractivity contribution in [3.63, 3.8) is 0 Å². The molecule has 3 heteroatoms. The number of hydrogen-bond acceptors (Lipinski definition) is 3. The zero-order valence-corrected chi connectivity index (χ0v) is 8.33. The summed E-state index contributed by atoms with van der Waals surface area (Å²) in [5, 5.41) is 0. The van der Waals surface area contributed by atoms with Crippen LogP contribution >= 0.6 is 0 Å². The number of aromatic nitrogens is 1. The van der Waals surface area contributed by atoms with Gasteiger partial charge in [-0.1, -0.05) is 0 Å². The second-order valence-electron chi connectivity index (χ2n) is 3.19. The highest BCUT2D eigenvalue weighted by molar-refractivity contribution is 5.25. The second-order valence-corrected chi connectivity index (χ2v) is 3.19. The van der Waals surface area contributed by atoms with Crippen LogP contribution in [0.1, 0.15) is 30.0 Å². The molecule has 0 saturated carbocycles. The molecule has 0 aromatic carbocycles. The third-order valence-corrected chi connectivity index (χ3v) is 2.22. The lowest BCUT2D eigenvalue weighted by Gasteiger charge is -2.16. The molecule has 0 amide bonds. The molecule has 3 N–H and O–H groups in total. The molecule has 1 rings (SSSR count). The number of nitrogens with two attached hydrogens (primary N) is 1. The molecule has 0 saturated heterocycles. The maximum atomic E-state index is 5.48. The van der Waals surface area contributed by atoms with E-state index in [-0.39, 0.29) is 6.04 Å². The van der Waals surface area contributed by atoms with Gasteiger partial charge in [-0.05, 0) is 30.5 Å². The number of aryl methyl sites for hydroxylation is 1. The van der Waals surface area contributed by atoms with Gasteiger partial charge in [-0.15, -0.1) is 12.3 Å². The Morgan fingerprint density at radius 1 is 1.71 bits per heavy atom. The Morgan fingerprint density at radius 2 is 2.50 bits per heavy atom. The summed E-state index contributed by atoms with van der Waals surface area (Å²) < 4.78 is 0. The fourth-order valence-electron chi connectivity index (χ4n) is 1.43. The molecule has 14 heavy (non-hydrogen) atoms. The summed E-state index contributed by atoms with van der Waals surface area (Å²) in [5.41, 5.74) is 5.07. The van der Waals surface area contributed by atoms with E-state index in [2.05, 4.69) is 16.3 Å². The topological polar surface area (TPSA) is 50.9 Å². The molecule has 1 unspecified atom stereocenters. The first kappa shape index (κ1) is 10.7. The molecule has 1 aromatic rings. The van der Waals surface area contributed by atoms with Gasteiger partial charge in [0.2, 0.25) is 0 Å². The van der Waals surface area contributed by atoms with Gasteiger partial charge in [-0.25, -0.2) is 0 Å². The predicted molar refractivity (Wildman–Crippen MR) is 57.1 cm³/mol. The van der Waals surface area contributed by atoms with Gasteiger partial charge in [-0.3, -0.25) is 16.3 Å². The molecular weight excluding hydrogens is 174 g/mol. The van der Waals surface area contributed by atoms with E-state index < -0.39 is 0 Å². The maximum absolute atomic E-state index is 5.48. The molecule has 0 radical (unpaired) electrons. The van der Waals surface area contributed by atoms with Crippen LogP contribution in [0.5, 0.6) is 0 Å². The summed E-state index contributed by atoms with van der Waals surface area (Å²) in [7, 11) is 0. The molecule has 1 atom stereocenters. The lowest BCUT2D eigenvalue weighted by Crippen LogP contribution is -2.28. The van der Waals surface area contributed by atoms with Crippen molar-refractivity contribution in [1.82, 2.24) is 10.4 Å². The van der Waals surface area contributed by atoms with Crippen LogP contribution in [-0.4, -0.2) is 4.98 Å². The Labute approximate surface area is 84.7 Å². The first-order chi connectivity index (χ1) is 6.79. The first-order valence-corrected chi connectivity index (χ1v) is 4.59. The number of pyridine rings is 1. The van der Waals surface area contributed by atoms with Crippen molar-refractivity contribution in [3.05, 3.63) is 29.6 Å². The largest absolute Gasteiger partial charge is 0.271 e. The fourth-order valence-corrected chi connectivity index (χ4v) is 1.43. The van der Waals surface area contributed by atoms with Crippen molar-refractivity contribution in [2.45, 2.75) is 25.8 Å². The van der Waals surface area contributed by atoms with Crippen LogP contribution in [0.2, 0.25) is 0 Å². The highest BCUT2D eigenvalue weighted by Gasteiger charge is 2.10. The van der Waals surface area contributed by atoms with Crippen LogP contribution in [0.15, 0.2) is 18.5 Å². The summed E-state index contributed by atoms with van der Waals surface area (Å²) in [5.74, 6) is 8.09. The smallest absolute Gasteiger partial charge is 0.0472 e. The van der Waals surface area contributed by atoms with Crippen LogP contribution in [-0.2, 0) is 0 Å². The lowest BCUT2D eigenvalue weighted by molar-refractivity contribution is 0.521. The minimum atomic E-state index is 0.119. The first-order valence-electron chi connectivity index (χ1n) is 4.59. The lowest BCUT2D eigenvalue weighted by atomic mass is 10.0. The summed E-state index contributed by atoms with van der Waals surface area (Å²) in [6.07, 6.45) is 10.4. The molecule has 0 spiro atoms. The van der Waals surface area contributed by atoms with Crippen LogP contribution in [0.25, 0.3) is 0 Å². The van der Waals surface area contributed by atoms with Crippen LogP contribution in [0.4, 0.5) is 0 Å². The van der Waals surface area contributed by atoms with E-state index >= 15 is 0 Å². The molecular formula is C11H15N3. The van der Waals surface area contributed by atoms with Gasteiger partial charge >= 0.3 is 0 Å². The van der Waals surface area contributed by atoms with Crippen LogP contribution in [0, 0.1) is 19.3 Å². The Balaban J connectivity index is 2.79. The average Bonchev–Trinajstić information content (AvgIpc) is 2.21. The van der Waals surface area contributed by atoms with Gasteiger partial charge in [0.15, 0.2) is 0 Å². The standard InChI is InChI=1S/C11H15N3/c1-3-4-5-11(14-12)10-6-7-13-8-9(10)2/h1,6-8,11,14H,4-5,12H2,2H3. The number of rotatable bonds is 4.